The van der Waals surface area contributed by atoms with Gasteiger partial charge >= 0.3 is 0 Å². The fraction of sp³-hybridized carbons (Fsp3) is 0.250. The molecule has 2 aromatic carbocycles. The summed E-state index contributed by atoms with van der Waals surface area (Å²) in [4.78, 5) is 19.6. The van der Waals surface area contributed by atoms with E-state index in [0.717, 1.165) is 53.4 Å². The second-order valence-corrected chi connectivity index (χ2v) is 9.73. The lowest BCUT2D eigenvalue weighted by molar-refractivity contribution is 0.102. The Kier molecular flexibility index (Phi) is 5.93. The monoisotopic (exact) mass is 451 g/mol. The van der Waals surface area contributed by atoms with Crippen molar-refractivity contribution in [2.45, 2.75) is 45.4 Å². The number of aryl methyl sites for hydroxylation is 2. The lowest BCUT2D eigenvalue weighted by Gasteiger charge is -2.11. The van der Waals surface area contributed by atoms with Gasteiger partial charge in [0.25, 0.3) is 5.91 Å². The van der Waals surface area contributed by atoms with E-state index in [1.54, 1.807) is 11.3 Å². The fourth-order valence-corrected chi connectivity index (χ4v) is 5.77. The Balaban J connectivity index is 1.56. The topological polar surface area (TPSA) is 65.8 Å². The Labute approximate surface area is 197 Å². The third-order valence-corrected chi connectivity index (χ3v) is 7.53. The van der Waals surface area contributed by atoms with Crippen LogP contribution in [0.15, 0.2) is 54.6 Å². The summed E-state index contributed by atoms with van der Waals surface area (Å²) in [7, 11) is 0. The number of thiophene rings is 1. The molecule has 33 heavy (non-hydrogen) atoms. The van der Waals surface area contributed by atoms with Crippen molar-refractivity contribution in [2.75, 3.05) is 5.32 Å². The summed E-state index contributed by atoms with van der Waals surface area (Å²) in [6, 6.07) is 20.1. The average Bonchev–Trinajstić information content (AvgIpc) is 3.13. The van der Waals surface area contributed by atoms with Crippen LogP contribution in [0.2, 0.25) is 0 Å². The summed E-state index contributed by atoms with van der Waals surface area (Å²) >= 11 is 1.57. The molecule has 5 heteroatoms. The van der Waals surface area contributed by atoms with Crippen LogP contribution < -0.4 is 5.32 Å². The van der Waals surface area contributed by atoms with Crippen LogP contribution >= 0.6 is 11.3 Å². The number of carbonyl (C=O) groups is 1. The molecule has 0 aliphatic heterocycles. The molecule has 1 N–H and O–H groups in total. The molecule has 2 aromatic heterocycles. The van der Waals surface area contributed by atoms with Crippen molar-refractivity contribution in [2.24, 2.45) is 0 Å². The van der Waals surface area contributed by atoms with E-state index in [0.29, 0.717) is 16.1 Å². The Morgan fingerprint density at radius 1 is 1.03 bits per heavy atom. The van der Waals surface area contributed by atoms with Crippen LogP contribution in [0.3, 0.4) is 0 Å². The van der Waals surface area contributed by atoms with Crippen molar-refractivity contribution in [3.8, 4) is 17.3 Å². The number of benzene rings is 2. The molecule has 0 saturated heterocycles. The molecule has 5 rings (SSSR count). The predicted octanol–water partition coefficient (Wildman–Crippen LogP) is 7.05. The van der Waals surface area contributed by atoms with Crippen molar-refractivity contribution in [1.29, 1.82) is 5.26 Å². The predicted molar refractivity (Wildman–Crippen MR) is 135 cm³/mol. The van der Waals surface area contributed by atoms with Crippen molar-refractivity contribution < 1.29 is 4.79 Å². The number of pyridine rings is 1. The van der Waals surface area contributed by atoms with E-state index in [2.05, 4.69) is 11.4 Å². The number of carbonyl (C=O) groups excluding carboxylic acids is 1. The molecule has 0 bridgehead atoms. The van der Waals surface area contributed by atoms with E-state index in [9.17, 15) is 10.1 Å². The van der Waals surface area contributed by atoms with E-state index in [1.165, 1.54) is 23.3 Å². The maximum Gasteiger partial charge on any atom is 0.257 e. The number of nitriles is 1. The Morgan fingerprint density at radius 2 is 1.79 bits per heavy atom. The Bertz CT molecular complexity index is 1380. The lowest BCUT2D eigenvalue weighted by Crippen LogP contribution is -2.13. The molecule has 0 fully saturated rings. The summed E-state index contributed by atoms with van der Waals surface area (Å²) in [5.74, 6) is -0.201. The molecule has 4 nitrogen and oxygen atoms in total. The highest BCUT2D eigenvalue weighted by Crippen LogP contribution is 2.37. The Hall–Kier alpha value is -3.49. The maximum atomic E-state index is 13.5. The first-order valence-corrected chi connectivity index (χ1v) is 12.3. The highest BCUT2D eigenvalue weighted by Gasteiger charge is 2.22. The van der Waals surface area contributed by atoms with Gasteiger partial charge in [0.05, 0.1) is 22.3 Å². The van der Waals surface area contributed by atoms with Gasteiger partial charge in [0.2, 0.25) is 0 Å². The SMILES string of the molecule is Cc1ccc(-c2cc(C(=O)Nc3sc4c(c3C#N)CCCCCC4)c3ccccc3n2)cc1. The van der Waals surface area contributed by atoms with Gasteiger partial charge in [-0.2, -0.15) is 5.26 Å². The zero-order valence-corrected chi connectivity index (χ0v) is 19.5. The van der Waals surface area contributed by atoms with E-state index in [4.69, 9.17) is 4.98 Å². The van der Waals surface area contributed by atoms with Gasteiger partial charge in [-0.25, -0.2) is 4.98 Å². The number of amides is 1. The normalized spacial score (nSPS) is 13.6. The minimum absolute atomic E-state index is 0.201. The minimum atomic E-state index is -0.201. The minimum Gasteiger partial charge on any atom is -0.312 e. The number of hydrogen-bond acceptors (Lipinski definition) is 4. The lowest BCUT2D eigenvalue weighted by atomic mass is 9.97. The second-order valence-electron chi connectivity index (χ2n) is 8.63. The molecule has 2 heterocycles. The highest BCUT2D eigenvalue weighted by molar-refractivity contribution is 7.16. The quantitative estimate of drug-likeness (QED) is 0.363. The Morgan fingerprint density at radius 3 is 2.58 bits per heavy atom. The summed E-state index contributed by atoms with van der Waals surface area (Å²) in [5, 5.41) is 14.5. The zero-order chi connectivity index (χ0) is 22.8. The molecule has 0 unspecified atom stereocenters. The second kappa shape index (κ2) is 9.17. The van der Waals surface area contributed by atoms with E-state index >= 15 is 0 Å². The molecule has 164 valence electrons. The summed E-state index contributed by atoms with van der Waals surface area (Å²) < 4.78 is 0. The summed E-state index contributed by atoms with van der Waals surface area (Å²) in [6.45, 7) is 2.05. The molecule has 0 spiro atoms. The number of aromatic nitrogens is 1. The third kappa shape index (κ3) is 4.27. The van der Waals surface area contributed by atoms with E-state index in [-0.39, 0.29) is 5.91 Å². The molecule has 4 aromatic rings. The molecule has 0 radical (unpaired) electrons. The van der Waals surface area contributed by atoms with E-state index in [1.807, 2.05) is 61.5 Å². The number of nitrogens with one attached hydrogen (secondary N) is 1. The van der Waals surface area contributed by atoms with Gasteiger partial charge in [-0.05, 0) is 50.3 Å². The largest absolute Gasteiger partial charge is 0.312 e. The van der Waals surface area contributed by atoms with Crippen LogP contribution in [-0.4, -0.2) is 10.9 Å². The number of nitrogens with zero attached hydrogens (tertiary/aromatic N) is 2. The summed E-state index contributed by atoms with van der Waals surface area (Å²) in [6.07, 6.45) is 6.57. The van der Waals surface area contributed by atoms with Crippen LogP contribution in [-0.2, 0) is 12.8 Å². The van der Waals surface area contributed by atoms with Gasteiger partial charge in [0.1, 0.15) is 11.1 Å². The van der Waals surface area contributed by atoms with Crippen molar-refractivity contribution in [3.63, 3.8) is 0 Å². The van der Waals surface area contributed by atoms with Gasteiger partial charge in [0, 0.05) is 15.8 Å². The molecule has 0 atom stereocenters. The first kappa shape index (κ1) is 21.4. The van der Waals surface area contributed by atoms with E-state index < -0.39 is 0 Å². The number of hydrogen-bond donors (Lipinski definition) is 1. The first-order valence-electron chi connectivity index (χ1n) is 11.5. The van der Waals surface area contributed by atoms with Gasteiger partial charge in [0.15, 0.2) is 0 Å². The van der Waals surface area contributed by atoms with Crippen LogP contribution in [0.1, 0.15) is 57.6 Å². The molecule has 0 saturated carbocycles. The van der Waals surface area contributed by atoms with Gasteiger partial charge < -0.3 is 5.32 Å². The first-order chi connectivity index (χ1) is 16.1. The number of fused-ring (bicyclic) bond motifs is 2. The van der Waals surface area contributed by atoms with Crippen LogP contribution in [0, 0.1) is 18.3 Å². The molecular formula is C28H25N3OS. The fourth-order valence-electron chi connectivity index (χ4n) is 4.53. The van der Waals surface area contributed by atoms with Crippen molar-refractivity contribution in [1.82, 2.24) is 4.98 Å². The maximum absolute atomic E-state index is 13.5. The molecule has 1 aliphatic rings. The average molecular weight is 452 g/mol. The molecule has 1 amide bonds. The number of anilines is 1. The van der Waals surface area contributed by atoms with Crippen LogP contribution in [0.4, 0.5) is 5.00 Å². The van der Waals surface area contributed by atoms with Gasteiger partial charge in [-0.15, -0.1) is 11.3 Å². The molecule has 1 aliphatic carbocycles. The summed E-state index contributed by atoms with van der Waals surface area (Å²) in [5.41, 5.74) is 6.03. The molecular weight excluding hydrogens is 426 g/mol. The van der Waals surface area contributed by atoms with Crippen LogP contribution in [0.25, 0.3) is 22.2 Å². The third-order valence-electron chi connectivity index (χ3n) is 6.32. The zero-order valence-electron chi connectivity index (χ0n) is 18.6. The number of para-hydroxylation sites is 1. The smallest absolute Gasteiger partial charge is 0.257 e. The van der Waals surface area contributed by atoms with Crippen molar-refractivity contribution in [3.05, 3.63) is 81.7 Å². The number of rotatable bonds is 3. The van der Waals surface area contributed by atoms with Crippen LogP contribution in [0.5, 0.6) is 0 Å². The van der Waals surface area contributed by atoms with Gasteiger partial charge in [-0.1, -0.05) is 60.9 Å². The standard InChI is InChI=1S/C28H25N3OS/c1-18-12-14-19(15-13-18)25-16-22(20-8-6-7-10-24(20)30-25)27(32)31-28-23(17-29)21-9-4-2-3-5-11-26(21)33-28/h6-8,10,12-16H,2-5,9,11H2,1H3,(H,31,32). The highest BCUT2D eigenvalue weighted by atomic mass is 32.1. The van der Waals surface area contributed by atoms with Crippen molar-refractivity contribution >= 4 is 33.1 Å². The van der Waals surface area contributed by atoms with Gasteiger partial charge in [-0.3, -0.25) is 4.79 Å².